The van der Waals surface area contributed by atoms with Gasteiger partial charge in [0, 0.05) is 25.4 Å². The Morgan fingerprint density at radius 3 is 2.69 bits per heavy atom. The normalized spacial score (nSPS) is 17.2. The van der Waals surface area contributed by atoms with E-state index >= 15 is 0 Å². The Morgan fingerprint density at radius 2 is 1.96 bits per heavy atom. The van der Waals surface area contributed by atoms with Crippen LogP contribution in [0.4, 0.5) is 0 Å². The molecule has 1 aromatic heterocycles. The van der Waals surface area contributed by atoms with Gasteiger partial charge in [0.2, 0.25) is 5.91 Å². The van der Waals surface area contributed by atoms with Crippen LogP contribution in [0.15, 0.2) is 12.1 Å². The summed E-state index contributed by atoms with van der Waals surface area (Å²) in [7, 11) is 0. The van der Waals surface area contributed by atoms with E-state index < -0.39 is 0 Å². The number of nitrogens with zero attached hydrogens (tertiary/aromatic N) is 2. The van der Waals surface area contributed by atoms with Crippen LogP contribution in [0.5, 0.6) is 0 Å². The van der Waals surface area contributed by atoms with Gasteiger partial charge in [-0.3, -0.25) is 4.79 Å². The number of carbonyl (C=O) groups excluding carboxylic acids is 1. The monoisotopic (exact) mass is 356 g/mol. The van der Waals surface area contributed by atoms with Crippen molar-refractivity contribution < 1.29 is 4.79 Å². The zero-order valence-electron chi connectivity index (χ0n) is 16.4. The third kappa shape index (κ3) is 5.07. The van der Waals surface area contributed by atoms with Gasteiger partial charge in [0.15, 0.2) is 0 Å². The number of likely N-dealkylation sites (tertiary alicyclic amines) is 1. The maximum Gasteiger partial charge on any atom is 0.220 e. The third-order valence-electron chi connectivity index (χ3n) is 5.20. The molecule has 26 heavy (non-hydrogen) atoms. The number of rotatable bonds is 6. The molecule has 2 N–H and O–H groups in total. The lowest BCUT2D eigenvalue weighted by Crippen LogP contribution is -2.42. The summed E-state index contributed by atoms with van der Waals surface area (Å²) >= 11 is 0. The predicted molar refractivity (Wildman–Crippen MR) is 106 cm³/mol. The van der Waals surface area contributed by atoms with Crippen molar-refractivity contribution in [2.24, 2.45) is 0 Å². The summed E-state index contributed by atoms with van der Waals surface area (Å²) in [6, 6.07) is 4.45. The van der Waals surface area contributed by atoms with E-state index in [0.717, 1.165) is 36.5 Å². The van der Waals surface area contributed by atoms with Crippen molar-refractivity contribution in [1.82, 2.24) is 20.2 Å². The number of imidazole rings is 1. The molecule has 0 radical (unpaired) electrons. The maximum atomic E-state index is 12.3. The van der Waals surface area contributed by atoms with E-state index in [2.05, 4.69) is 53.1 Å². The number of amides is 1. The summed E-state index contributed by atoms with van der Waals surface area (Å²) in [5.74, 6) is 1.00. The van der Waals surface area contributed by atoms with Crippen molar-refractivity contribution in [1.29, 1.82) is 0 Å². The van der Waals surface area contributed by atoms with Gasteiger partial charge in [0.1, 0.15) is 5.82 Å². The lowest BCUT2D eigenvalue weighted by atomic mass is 10.1. The van der Waals surface area contributed by atoms with Gasteiger partial charge >= 0.3 is 0 Å². The first-order valence-electron chi connectivity index (χ1n) is 9.99. The van der Waals surface area contributed by atoms with E-state index in [1.165, 1.54) is 36.8 Å². The molecule has 0 unspecified atom stereocenters. The number of nitrogens with one attached hydrogen (secondary N) is 2. The summed E-state index contributed by atoms with van der Waals surface area (Å²) in [5.41, 5.74) is 4.48. The van der Waals surface area contributed by atoms with Gasteiger partial charge in [-0.15, -0.1) is 0 Å². The van der Waals surface area contributed by atoms with Crippen LogP contribution in [0, 0.1) is 13.8 Å². The summed E-state index contributed by atoms with van der Waals surface area (Å²) in [4.78, 5) is 22.8. The fourth-order valence-electron chi connectivity index (χ4n) is 3.97. The second-order valence-electron chi connectivity index (χ2n) is 7.84. The van der Waals surface area contributed by atoms with Crippen molar-refractivity contribution in [2.45, 2.75) is 65.3 Å². The highest BCUT2D eigenvalue weighted by atomic mass is 16.1. The number of fused-ring (bicyclic) bond motifs is 1. The van der Waals surface area contributed by atoms with Crippen molar-refractivity contribution in [3.63, 3.8) is 0 Å². The van der Waals surface area contributed by atoms with Gasteiger partial charge in [-0.1, -0.05) is 18.9 Å². The van der Waals surface area contributed by atoms with Crippen LogP contribution >= 0.6 is 0 Å². The smallest absolute Gasteiger partial charge is 0.220 e. The van der Waals surface area contributed by atoms with Crippen LogP contribution in [-0.2, 0) is 11.2 Å². The number of carbonyl (C=O) groups is 1. The highest BCUT2D eigenvalue weighted by molar-refractivity contribution is 5.80. The van der Waals surface area contributed by atoms with Crippen molar-refractivity contribution in [2.75, 3.05) is 19.6 Å². The van der Waals surface area contributed by atoms with Crippen LogP contribution in [0.3, 0.4) is 0 Å². The first kappa shape index (κ1) is 18.9. The standard InChI is InChI=1S/C21H32N4O/c1-15-12-16(2)21-18(13-15)23-19(24-21)8-9-20(26)22-17(3)14-25-10-6-4-5-7-11-25/h12-13,17H,4-11,14H2,1-3H3,(H,22,26)(H,23,24)/t17-/m0/s1. The Labute approximate surface area is 156 Å². The fourth-order valence-corrected chi connectivity index (χ4v) is 3.97. The largest absolute Gasteiger partial charge is 0.352 e. The molecule has 1 aliphatic heterocycles. The van der Waals surface area contributed by atoms with Gasteiger partial charge in [0.05, 0.1) is 11.0 Å². The molecular weight excluding hydrogens is 324 g/mol. The third-order valence-corrected chi connectivity index (χ3v) is 5.20. The number of hydrogen-bond acceptors (Lipinski definition) is 3. The summed E-state index contributed by atoms with van der Waals surface area (Å²) < 4.78 is 0. The molecule has 0 aliphatic carbocycles. The van der Waals surface area contributed by atoms with Gasteiger partial charge in [-0.2, -0.15) is 0 Å². The molecule has 1 atom stereocenters. The average molecular weight is 357 g/mol. The fraction of sp³-hybridized carbons (Fsp3) is 0.619. The molecule has 142 valence electrons. The minimum Gasteiger partial charge on any atom is -0.352 e. The molecule has 1 amide bonds. The number of H-pyrrole nitrogens is 1. The SMILES string of the molecule is Cc1cc(C)c2nc(CCC(=O)N[C@@H](C)CN3CCCCCC3)[nH]c2c1. The Bertz CT molecular complexity index is 744. The highest BCUT2D eigenvalue weighted by Gasteiger charge is 2.15. The van der Waals surface area contributed by atoms with E-state index in [-0.39, 0.29) is 11.9 Å². The Kier molecular flexibility index (Phi) is 6.30. The van der Waals surface area contributed by atoms with Gasteiger partial charge < -0.3 is 15.2 Å². The summed E-state index contributed by atoms with van der Waals surface area (Å²) in [6.07, 6.45) is 6.37. The van der Waals surface area contributed by atoms with Crippen LogP contribution in [0.2, 0.25) is 0 Å². The molecule has 1 aromatic carbocycles. The molecule has 3 rings (SSSR count). The molecule has 0 spiro atoms. The predicted octanol–water partition coefficient (Wildman–Crippen LogP) is 3.49. The molecule has 1 aliphatic rings. The average Bonchev–Trinajstić information content (AvgIpc) is 2.81. The molecule has 1 saturated heterocycles. The van der Waals surface area contributed by atoms with E-state index in [4.69, 9.17) is 0 Å². The van der Waals surface area contributed by atoms with Crippen molar-refractivity contribution >= 4 is 16.9 Å². The first-order chi connectivity index (χ1) is 12.5. The first-order valence-corrected chi connectivity index (χ1v) is 9.99. The number of aromatic nitrogens is 2. The van der Waals surface area contributed by atoms with Crippen LogP contribution in [-0.4, -0.2) is 46.5 Å². The summed E-state index contributed by atoms with van der Waals surface area (Å²) in [6.45, 7) is 9.56. The van der Waals surface area contributed by atoms with Crippen LogP contribution < -0.4 is 5.32 Å². The van der Waals surface area contributed by atoms with Gasteiger partial charge in [-0.25, -0.2) is 4.98 Å². The molecule has 0 bridgehead atoms. The molecule has 5 heteroatoms. The number of aryl methyl sites for hydroxylation is 3. The van der Waals surface area contributed by atoms with Crippen molar-refractivity contribution in [3.05, 3.63) is 29.1 Å². The molecule has 5 nitrogen and oxygen atoms in total. The second kappa shape index (κ2) is 8.67. The second-order valence-corrected chi connectivity index (χ2v) is 7.84. The van der Waals surface area contributed by atoms with Crippen LogP contribution in [0.25, 0.3) is 11.0 Å². The number of benzene rings is 1. The molecular formula is C21H32N4O. The quantitative estimate of drug-likeness (QED) is 0.833. The lowest BCUT2D eigenvalue weighted by molar-refractivity contribution is -0.121. The topological polar surface area (TPSA) is 61.0 Å². The van der Waals surface area contributed by atoms with E-state index in [0.29, 0.717) is 12.8 Å². The molecule has 2 heterocycles. The Morgan fingerprint density at radius 1 is 1.23 bits per heavy atom. The van der Waals surface area contributed by atoms with E-state index in [1.54, 1.807) is 0 Å². The van der Waals surface area contributed by atoms with Crippen LogP contribution in [0.1, 0.15) is 56.0 Å². The maximum absolute atomic E-state index is 12.3. The van der Waals surface area contributed by atoms with E-state index in [9.17, 15) is 4.79 Å². The Hall–Kier alpha value is -1.88. The number of aromatic amines is 1. The zero-order valence-corrected chi connectivity index (χ0v) is 16.4. The summed E-state index contributed by atoms with van der Waals surface area (Å²) in [5, 5.41) is 3.15. The number of hydrogen-bond donors (Lipinski definition) is 2. The highest BCUT2D eigenvalue weighted by Crippen LogP contribution is 2.18. The van der Waals surface area contributed by atoms with Crippen molar-refractivity contribution in [3.8, 4) is 0 Å². The molecule has 2 aromatic rings. The Balaban J connectivity index is 1.48. The molecule has 1 fully saturated rings. The lowest BCUT2D eigenvalue weighted by Gasteiger charge is -2.24. The minimum atomic E-state index is 0.112. The van der Waals surface area contributed by atoms with E-state index in [1.807, 2.05) is 0 Å². The minimum absolute atomic E-state index is 0.112. The van der Waals surface area contributed by atoms with Gasteiger partial charge in [-0.05, 0) is 63.9 Å². The molecule has 0 saturated carbocycles. The van der Waals surface area contributed by atoms with Gasteiger partial charge in [0.25, 0.3) is 0 Å². The zero-order chi connectivity index (χ0) is 18.5.